The highest BCUT2D eigenvalue weighted by atomic mass is 16.5. The van der Waals surface area contributed by atoms with Gasteiger partial charge in [0.15, 0.2) is 0 Å². The van der Waals surface area contributed by atoms with Gasteiger partial charge < -0.3 is 10.6 Å². The Morgan fingerprint density at radius 3 is 2.16 bits per heavy atom. The van der Waals surface area contributed by atoms with Crippen LogP contribution in [0.5, 0.6) is 5.75 Å². The van der Waals surface area contributed by atoms with Gasteiger partial charge >= 0.3 is 0 Å². The predicted molar refractivity (Wildman–Crippen MR) is 74.5 cm³/mol. The number of carbonyl (C=O) groups excluding carboxylic acids is 1. The van der Waals surface area contributed by atoms with Crippen molar-refractivity contribution in [1.82, 2.24) is 0 Å². The van der Waals surface area contributed by atoms with Gasteiger partial charge in [0.1, 0.15) is 11.5 Å². The van der Waals surface area contributed by atoms with E-state index in [4.69, 9.17) is 10.6 Å². The summed E-state index contributed by atoms with van der Waals surface area (Å²) in [6.45, 7) is 0. The number of hydrogen-bond acceptors (Lipinski definition) is 4. The maximum absolute atomic E-state index is 12.3. The number of nitrogens with zero attached hydrogens (tertiary/aromatic N) is 1. The lowest BCUT2D eigenvalue weighted by molar-refractivity contribution is 0.106. The molecule has 4 nitrogen and oxygen atoms in total. The molecule has 0 aromatic heterocycles. The summed E-state index contributed by atoms with van der Waals surface area (Å²) in [5.41, 5.74) is 1.45. The van der Waals surface area contributed by atoms with Crippen LogP contribution in [0.15, 0.2) is 59.7 Å². The topological polar surface area (TPSA) is 64.7 Å². The summed E-state index contributed by atoms with van der Waals surface area (Å²) in [6, 6.07) is 16.0. The molecule has 0 radical (unpaired) electrons. The molecule has 0 unspecified atom stereocenters. The number of ketones is 1. The third-order valence-corrected chi connectivity index (χ3v) is 2.74. The molecule has 0 aliphatic rings. The summed E-state index contributed by atoms with van der Waals surface area (Å²) in [7, 11) is 1.59. The lowest BCUT2D eigenvalue weighted by atomic mass is 10.0. The Kier molecular flexibility index (Phi) is 3.93. The van der Waals surface area contributed by atoms with E-state index in [0.29, 0.717) is 16.9 Å². The van der Waals surface area contributed by atoms with Gasteiger partial charge in [-0.1, -0.05) is 30.3 Å². The minimum atomic E-state index is -0.201. The van der Waals surface area contributed by atoms with E-state index in [-0.39, 0.29) is 11.5 Å². The van der Waals surface area contributed by atoms with E-state index in [1.165, 1.54) is 0 Å². The molecule has 2 rings (SSSR count). The third kappa shape index (κ3) is 2.80. The molecular formula is C15H14N2O2. The average molecular weight is 254 g/mol. The van der Waals surface area contributed by atoms with E-state index < -0.39 is 0 Å². The average Bonchev–Trinajstić information content (AvgIpc) is 2.49. The minimum Gasteiger partial charge on any atom is -0.497 e. The molecule has 4 heteroatoms. The molecular weight excluding hydrogens is 240 g/mol. The van der Waals surface area contributed by atoms with E-state index >= 15 is 0 Å². The van der Waals surface area contributed by atoms with E-state index in [2.05, 4.69) is 5.10 Å². The second kappa shape index (κ2) is 5.82. The maximum atomic E-state index is 12.3. The molecule has 0 atom stereocenters. The molecule has 0 spiro atoms. The van der Waals surface area contributed by atoms with Gasteiger partial charge in [-0.3, -0.25) is 4.79 Å². The zero-order valence-electron chi connectivity index (χ0n) is 10.5. The number of ether oxygens (including phenoxy) is 1. The van der Waals surface area contributed by atoms with Crippen LogP contribution in [0.25, 0.3) is 0 Å². The molecule has 0 aliphatic carbocycles. The summed E-state index contributed by atoms with van der Waals surface area (Å²) >= 11 is 0. The Balaban J connectivity index is 2.32. The first-order valence-corrected chi connectivity index (χ1v) is 5.78. The number of benzene rings is 2. The number of hydrazone groups is 1. The number of hydrogen-bond donors (Lipinski definition) is 1. The molecule has 2 aromatic carbocycles. The number of carbonyl (C=O) groups is 1. The van der Waals surface area contributed by atoms with Crippen molar-refractivity contribution in [3.63, 3.8) is 0 Å². The van der Waals surface area contributed by atoms with Crippen molar-refractivity contribution >= 4 is 11.5 Å². The predicted octanol–water partition coefficient (Wildman–Crippen LogP) is 2.24. The molecule has 0 aliphatic heterocycles. The van der Waals surface area contributed by atoms with Crippen LogP contribution in [0.3, 0.4) is 0 Å². The number of methoxy groups -OCH3 is 1. The van der Waals surface area contributed by atoms with Crippen molar-refractivity contribution in [3.05, 3.63) is 65.7 Å². The molecule has 0 amide bonds. The Morgan fingerprint density at radius 1 is 1.00 bits per heavy atom. The van der Waals surface area contributed by atoms with Gasteiger partial charge in [-0.25, -0.2) is 0 Å². The van der Waals surface area contributed by atoms with E-state index in [0.717, 1.165) is 0 Å². The van der Waals surface area contributed by atoms with Gasteiger partial charge in [0.25, 0.3) is 0 Å². The van der Waals surface area contributed by atoms with Crippen LogP contribution in [0, 0.1) is 0 Å². The maximum Gasteiger partial charge on any atom is 0.213 e. The molecule has 0 heterocycles. The molecule has 0 fully saturated rings. The smallest absolute Gasteiger partial charge is 0.213 e. The standard InChI is InChI=1S/C15H14N2O2/c1-19-13-9-7-11(8-10-13)14(17-16)15(18)12-5-3-2-4-6-12/h2-10H,16H2,1H3/b17-14+. The molecule has 0 saturated carbocycles. The SMILES string of the molecule is COc1ccc(/C(=N\N)C(=O)c2ccccc2)cc1. The number of nitrogens with two attached hydrogens (primary N) is 1. The van der Waals surface area contributed by atoms with Crippen molar-refractivity contribution in [2.45, 2.75) is 0 Å². The fourth-order valence-electron chi connectivity index (χ4n) is 1.74. The van der Waals surface area contributed by atoms with Gasteiger partial charge in [-0.2, -0.15) is 5.10 Å². The highest BCUT2D eigenvalue weighted by Gasteiger charge is 2.15. The summed E-state index contributed by atoms with van der Waals surface area (Å²) in [6.07, 6.45) is 0. The van der Waals surface area contributed by atoms with Crippen molar-refractivity contribution in [3.8, 4) is 5.75 Å². The first-order chi connectivity index (χ1) is 9.26. The van der Waals surface area contributed by atoms with Crippen LogP contribution >= 0.6 is 0 Å². The lowest BCUT2D eigenvalue weighted by Gasteiger charge is -2.06. The van der Waals surface area contributed by atoms with Crippen LogP contribution in [0.2, 0.25) is 0 Å². The van der Waals surface area contributed by atoms with E-state index in [9.17, 15) is 4.79 Å². The minimum absolute atomic E-state index is 0.201. The van der Waals surface area contributed by atoms with E-state index in [1.807, 2.05) is 6.07 Å². The number of Topliss-reactive ketones (excluding diaryl/α,β-unsaturated/α-hetero) is 1. The zero-order chi connectivity index (χ0) is 13.7. The molecule has 0 saturated heterocycles. The Labute approximate surface area is 111 Å². The molecule has 96 valence electrons. The first kappa shape index (κ1) is 12.8. The largest absolute Gasteiger partial charge is 0.497 e. The zero-order valence-corrected chi connectivity index (χ0v) is 10.5. The van der Waals surface area contributed by atoms with Crippen molar-refractivity contribution in [2.75, 3.05) is 7.11 Å². The second-order valence-corrected chi connectivity index (χ2v) is 3.90. The van der Waals surface area contributed by atoms with Crippen LogP contribution in [0.1, 0.15) is 15.9 Å². The van der Waals surface area contributed by atoms with Gasteiger partial charge in [-0.15, -0.1) is 0 Å². The Hall–Kier alpha value is -2.62. The van der Waals surface area contributed by atoms with E-state index in [1.54, 1.807) is 55.6 Å². The van der Waals surface area contributed by atoms with Crippen LogP contribution in [0.4, 0.5) is 0 Å². The van der Waals surface area contributed by atoms with Gasteiger partial charge in [0.05, 0.1) is 7.11 Å². The molecule has 2 aromatic rings. The van der Waals surface area contributed by atoms with Crippen molar-refractivity contribution < 1.29 is 9.53 Å². The van der Waals surface area contributed by atoms with Crippen LogP contribution in [-0.2, 0) is 0 Å². The van der Waals surface area contributed by atoms with Gasteiger partial charge in [0.2, 0.25) is 5.78 Å². The summed E-state index contributed by atoms with van der Waals surface area (Å²) in [4.78, 5) is 12.3. The van der Waals surface area contributed by atoms with Crippen LogP contribution in [-0.4, -0.2) is 18.6 Å². The summed E-state index contributed by atoms with van der Waals surface area (Å²) in [5.74, 6) is 5.86. The van der Waals surface area contributed by atoms with Crippen molar-refractivity contribution in [2.24, 2.45) is 10.9 Å². The van der Waals surface area contributed by atoms with Crippen molar-refractivity contribution in [1.29, 1.82) is 0 Å². The quantitative estimate of drug-likeness (QED) is 0.394. The first-order valence-electron chi connectivity index (χ1n) is 5.78. The monoisotopic (exact) mass is 254 g/mol. The fourth-order valence-corrected chi connectivity index (χ4v) is 1.74. The van der Waals surface area contributed by atoms with Crippen LogP contribution < -0.4 is 10.6 Å². The number of rotatable bonds is 4. The normalized spacial score (nSPS) is 11.1. The Bertz CT molecular complexity index is 589. The molecule has 19 heavy (non-hydrogen) atoms. The highest BCUT2D eigenvalue weighted by molar-refractivity contribution is 6.51. The highest BCUT2D eigenvalue weighted by Crippen LogP contribution is 2.14. The third-order valence-electron chi connectivity index (χ3n) is 2.74. The molecule has 0 bridgehead atoms. The summed E-state index contributed by atoms with van der Waals surface area (Å²) in [5, 5.41) is 3.62. The molecule has 2 N–H and O–H groups in total. The Morgan fingerprint density at radius 2 is 1.63 bits per heavy atom. The lowest BCUT2D eigenvalue weighted by Crippen LogP contribution is -2.17. The van der Waals surface area contributed by atoms with Gasteiger partial charge in [-0.05, 0) is 24.3 Å². The van der Waals surface area contributed by atoms with Gasteiger partial charge in [0, 0.05) is 11.1 Å². The second-order valence-electron chi connectivity index (χ2n) is 3.90. The summed E-state index contributed by atoms with van der Waals surface area (Å²) < 4.78 is 5.07. The fraction of sp³-hybridized carbons (Fsp3) is 0.0667.